The Morgan fingerprint density at radius 2 is 2.14 bits per heavy atom. The van der Waals surface area contributed by atoms with Crippen LogP contribution in [0.2, 0.25) is 0 Å². The van der Waals surface area contributed by atoms with Crippen molar-refractivity contribution >= 4 is 17.0 Å². The number of hydrogen-bond acceptors (Lipinski definition) is 2. The molecule has 1 N–H and O–H groups in total. The van der Waals surface area contributed by atoms with Crippen molar-refractivity contribution in [1.29, 1.82) is 0 Å². The average molecular weight is 286 g/mol. The first-order valence-electron chi connectivity index (χ1n) is 7.81. The van der Waals surface area contributed by atoms with E-state index in [1.54, 1.807) is 12.1 Å². The van der Waals surface area contributed by atoms with Gasteiger partial charge in [-0.05, 0) is 49.3 Å². The van der Waals surface area contributed by atoms with Crippen molar-refractivity contribution in [2.45, 2.75) is 52.5 Å². The molecule has 0 aliphatic heterocycles. The molecule has 2 aromatic rings. The maximum Gasteiger partial charge on any atom is 0.335 e. The quantitative estimate of drug-likeness (QED) is 0.876. The van der Waals surface area contributed by atoms with Crippen LogP contribution in [0.25, 0.3) is 11.0 Å². The number of nitrogens with zero attached hydrogens (tertiary/aromatic N) is 2. The molecule has 1 aliphatic rings. The van der Waals surface area contributed by atoms with E-state index in [4.69, 9.17) is 4.98 Å². The minimum absolute atomic E-state index is 0.341. The summed E-state index contributed by atoms with van der Waals surface area (Å²) < 4.78 is 2.27. The normalized spacial score (nSPS) is 16.3. The molecule has 0 atom stereocenters. The summed E-state index contributed by atoms with van der Waals surface area (Å²) in [6.45, 7) is 5.37. The molecular weight excluding hydrogens is 264 g/mol. The number of carboxylic acid groups (broad SMARTS) is 1. The van der Waals surface area contributed by atoms with Crippen molar-refractivity contribution in [3.05, 3.63) is 29.6 Å². The third-order valence-corrected chi connectivity index (χ3v) is 4.75. The minimum atomic E-state index is -0.877. The molecule has 1 aromatic carbocycles. The number of carboxylic acids is 1. The van der Waals surface area contributed by atoms with Gasteiger partial charge < -0.3 is 9.67 Å². The zero-order valence-electron chi connectivity index (χ0n) is 12.7. The van der Waals surface area contributed by atoms with Crippen molar-refractivity contribution in [1.82, 2.24) is 9.55 Å². The van der Waals surface area contributed by atoms with Gasteiger partial charge in [-0.3, -0.25) is 0 Å². The second kappa shape index (κ2) is 5.17. The summed E-state index contributed by atoms with van der Waals surface area (Å²) in [6, 6.07) is 5.25. The van der Waals surface area contributed by atoms with Gasteiger partial charge in [0.15, 0.2) is 0 Å². The molecule has 4 heteroatoms. The van der Waals surface area contributed by atoms with Crippen LogP contribution >= 0.6 is 0 Å². The Morgan fingerprint density at radius 3 is 2.71 bits per heavy atom. The average Bonchev–Trinajstić information content (AvgIpc) is 3.17. The van der Waals surface area contributed by atoms with E-state index in [1.807, 2.05) is 6.07 Å². The second-order valence-corrected chi connectivity index (χ2v) is 6.23. The second-order valence-electron chi connectivity index (χ2n) is 6.23. The Kier molecular flexibility index (Phi) is 3.47. The number of imidazole rings is 1. The summed E-state index contributed by atoms with van der Waals surface area (Å²) in [5.41, 5.74) is 2.64. The molecule has 0 bridgehead atoms. The van der Waals surface area contributed by atoms with Gasteiger partial charge in [0.2, 0.25) is 0 Å². The van der Waals surface area contributed by atoms with E-state index in [0.717, 1.165) is 36.2 Å². The molecule has 0 amide bonds. The number of aromatic nitrogens is 2. The standard InChI is InChI=1S/C17H22N2O2/c1-3-5-15-18-13-7-6-12(16(20)21)10-14(13)19(15)11-17(4-2)8-9-17/h6-7,10H,3-5,8-9,11H2,1-2H3,(H,20,21). The summed E-state index contributed by atoms with van der Waals surface area (Å²) >= 11 is 0. The molecule has 1 saturated carbocycles. The van der Waals surface area contributed by atoms with Gasteiger partial charge in [-0.25, -0.2) is 9.78 Å². The van der Waals surface area contributed by atoms with Crippen molar-refractivity contribution in [3.8, 4) is 0 Å². The third-order valence-electron chi connectivity index (χ3n) is 4.75. The predicted molar refractivity (Wildman–Crippen MR) is 82.6 cm³/mol. The van der Waals surface area contributed by atoms with Crippen LogP contribution in [0.15, 0.2) is 18.2 Å². The van der Waals surface area contributed by atoms with Crippen LogP contribution in [0.3, 0.4) is 0 Å². The van der Waals surface area contributed by atoms with Crippen LogP contribution in [0, 0.1) is 5.41 Å². The van der Waals surface area contributed by atoms with Crippen molar-refractivity contribution in [2.24, 2.45) is 5.41 Å². The number of carbonyl (C=O) groups is 1. The Labute approximate surface area is 124 Å². The maximum absolute atomic E-state index is 11.2. The highest BCUT2D eigenvalue weighted by Crippen LogP contribution is 2.50. The van der Waals surface area contributed by atoms with Crippen LogP contribution < -0.4 is 0 Å². The highest BCUT2D eigenvalue weighted by Gasteiger charge is 2.41. The Bertz CT molecular complexity index is 683. The molecule has 0 unspecified atom stereocenters. The number of aromatic carboxylic acids is 1. The predicted octanol–water partition coefficient (Wildman–Crippen LogP) is 3.88. The smallest absolute Gasteiger partial charge is 0.335 e. The van der Waals surface area contributed by atoms with Crippen LogP contribution in [-0.4, -0.2) is 20.6 Å². The van der Waals surface area contributed by atoms with Crippen LogP contribution in [0.1, 0.15) is 55.7 Å². The lowest BCUT2D eigenvalue weighted by Crippen LogP contribution is -2.13. The fraction of sp³-hybridized carbons (Fsp3) is 0.529. The van der Waals surface area contributed by atoms with Gasteiger partial charge in [-0.1, -0.05) is 13.8 Å². The lowest BCUT2D eigenvalue weighted by Gasteiger charge is -2.16. The number of rotatable bonds is 6. The molecule has 0 radical (unpaired) electrons. The number of fused-ring (bicyclic) bond motifs is 1. The Balaban J connectivity index is 2.09. The molecule has 0 saturated heterocycles. The van der Waals surface area contributed by atoms with Gasteiger partial charge in [0, 0.05) is 13.0 Å². The van der Waals surface area contributed by atoms with E-state index >= 15 is 0 Å². The first-order chi connectivity index (χ1) is 10.1. The summed E-state index contributed by atoms with van der Waals surface area (Å²) in [6.07, 6.45) is 5.71. The fourth-order valence-corrected chi connectivity index (χ4v) is 3.03. The molecule has 1 aliphatic carbocycles. The number of benzene rings is 1. The van der Waals surface area contributed by atoms with Gasteiger partial charge in [0.1, 0.15) is 5.82 Å². The Hall–Kier alpha value is -1.84. The lowest BCUT2D eigenvalue weighted by molar-refractivity contribution is 0.0697. The van der Waals surface area contributed by atoms with E-state index in [0.29, 0.717) is 11.0 Å². The zero-order valence-corrected chi connectivity index (χ0v) is 12.7. The van der Waals surface area contributed by atoms with Crippen molar-refractivity contribution in [3.63, 3.8) is 0 Å². The molecule has 3 rings (SSSR count). The molecule has 21 heavy (non-hydrogen) atoms. The minimum Gasteiger partial charge on any atom is -0.478 e. The van der Waals surface area contributed by atoms with E-state index in [-0.39, 0.29) is 0 Å². The highest BCUT2D eigenvalue weighted by molar-refractivity contribution is 5.92. The van der Waals surface area contributed by atoms with E-state index in [1.165, 1.54) is 19.3 Å². The maximum atomic E-state index is 11.2. The summed E-state index contributed by atoms with van der Waals surface area (Å²) in [5, 5.41) is 9.21. The summed E-state index contributed by atoms with van der Waals surface area (Å²) in [7, 11) is 0. The number of hydrogen-bond donors (Lipinski definition) is 1. The zero-order chi connectivity index (χ0) is 15.0. The van der Waals surface area contributed by atoms with Crippen LogP contribution in [0.4, 0.5) is 0 Å². The molecular formula is C17H22N2O2. The number of aryl methyl sites for hydroxylation is 1. The monoisotopic (exact) mass is 286 g/mol. The fourth-order valence-electron chi connectivity index (χ4n) is 3.03. The molecule has 112 valence electrons. The Morgan fingerprint density at radius 1 is 1.38 bits per heavy atom. The SMILES string of the molecule is CCCc1nc2ccc(C(=O)O)cc2n1CC1(CC)CC1. The van der Waals surface area contributed by atoms with Gasteiger partial charge in [0.05, 0.1) is 16.6 Å². The topological polar surface area (TPSA) is 55.1 Å². The van der Waals surface area contributed by atoms with Crippen LogP contribution in [0.5, 0.6) is 0 Å². The van der Waals surface area contributed by atoms with Gasteiger partial charge in [-0.2, -0.15) is 0 Å². The van der Waals surface area contributed by atoms with Crippen molar-refractivity contribution < 1.29 is 9.90 Å². The van der Waals surface area contributed by atoms with E-state index in [2.05, 4.69) is 18.4 Å². The molecule has 1 fully saturated rings. The van der Waals surface area contributed by atoms with E-state index < -0.39 is 5.97 Å². The van der Waals surface area contributed by atoms with Gasteiger partial charge in [-0.15, -0.1) is 0 Å². The van der Waals surface area contributed by atoms with Crippen LogP contribution in [-0.2, 0) is 13.0 Å². The van der Waals surface area contributed by atoms with E-state index in [9.17, 15) is 9.90 Å². The summed E-state index contributed by atoms with van der Waals surface area (Å²) in [5.74, 6) is 0.216. The first kappa shape index (κ1) is 14.1. The molecule has 1 aromatic heterocycles. The first-order valence-corrected chi connectivity index (χ1v) is 7.81. The van der Waals surface area contributed by atoms with Gasteiger partial charge in [0.25, 0.3) is 0 Å². The van der Waals surface area contributed by atoms with Crippen molar-refractivity contribution in [2.75, 3.05) is 0 Å². The largest absolute Gasteiger partial charge is 0.478 e. The third kappa shape index (κ3) is 2.55. The molecule has 0 spiro atoms. The lowest BCUT2D eigenvalue weighted by atomic mass is 10.0. The highest BCUT2D eigenvalue weighted by atomic mass is 16.4. The molecule has 1 heterocycles. The molecule has 4 nitrogen and oxygen atoms in total. The summed E-state index contributed by atoms with van der Waals surface area (Å²) in [4.78, 5) is 15.9. The van der Waals surface area contributed by atoms with Gasteiger partial charge >= 0.3 is 5.97 Å².